The highest BCUT2D eigenvalue weighted by atomic mass is 32.2. The van der Waals surface area contributed by atoms with Gasteiger partial charge >= 0.3 is 12.2 Å². The number of H-pyrrole nitrogens is 2. The number of carbonyl (C=O) groups is 4. The van der Waals surface area contributed by atoms with Gasteiger partial charge in [-0.05, 0) is 106 Å². The van der Waals surface area contributed by atoms with E-state index in [0.717, 1.165) is 87.3 Å². The summed E-state index contributed by atoms with van der Waals surface area (Å²) in [5.41, 5.74) is 11.5. The van der Waals surface area contributed by atoms with Gasteiger partial charge in [-0.3, -0.25) is 9.59 Å². The maximum atomic E-state index is 14.2. The second-order valence-corrected chi connectivity index (χ2v) is 25.2. The maximum absolute atomic E-state index is 14.2. The molecule has 0 unspecified atom stereocenters. The number of alkyl carbamates (subject to hydrolysis) is 2. The first kappa shape index (κ1) is 54.9. The topological polar surface area (TPSA) is 249 Å². The third-order valence-corrected chi connectivity index (χ3v) is 17.9. The summed E-state index contributed by atoms with van der Waals surface area (Å²) < 4.78 is 63.8. The van der Waals surface area contributed by atoms with E-state index in [1.807, 2.05) is 52.0 Å². The number of hydrogen-bond acceptors (Lipinski definition) is 12. The highest BCUT2D eigenvalue weighted by molar-refractivity contribution is 7.88. The predicted molar refractivity (Wildman–Crippen MR) is 293 cm³/mol. The van der Waals surface area contributed by atoms with Crippen LogP contribution < -0.4 is 10.6 Å². The van der Waals surface area contributed by atoms with Crippen molar-refractivity contribution >= 4 is 66.1 Å². The third kappa shape index (κ3) is 11.6. The molecule has 77 heavy (non-hydrogen) atoms. The van der Waals surface area contributed by atoms with E-state index in [4.69, 9.17) is 19.4 Å². The van der Waals surface area contributed by atoms with Gasteiger partial charge in [0.1, 0.15) is 35.8 Å². The SMILES string of the molecule is COC(=O)N[C@H](C(=O)N1CCN(S(C)(=O)=O)C[C@H]1c1nc2cc(-c3cc4ccc3CCc3ccc(c(-c5ccc6[nH]c([C@@H]7CN(S(C)(=O)=O)CCN7C(=O)[C@@H](NC(=O)OC)C(C)C)nc6c5)c3)C[C@H]4C)ccc2[nH]1)C(C)C. The number of aromatic amines is 2. The summed E-state index contributed by atoms with van der Waals surface area (Å²) >= 11 is 0. The Bertz CT molecular complexity index is 3490. The molecule has 4 aliphatic carbocycles. The number of benzene rings is 4. The fourth-order valence-electron chi connectivity index (χ4n) is 10.9. The second-order valence-electron chi connectivity index (χ2n) is 21.3. The molecule has 4 amide bonds. The predicted octanol–water partition coefficient (Wildman–Crippen LogP) is 6.27. The molecule has 4 N–H and O–H groups in total. The minimum absolute atomic E-state index is 0.0130. The largest absolute Gasteiger partial charge is 0.453 e. The zero-order valence-electron chi connectivity index (χ0n) is 44.9. The number of aromatic nitrogens is 4. The van der Waals surface area contributed by atoms with Crippen LogP contribution in [0.4, 0.5) is 9.59 Å². The van der Waals surface area contributed by atoms with Crippen LogP contribution in [0.3, 0.4) is 0 Å². The molecule has 0 radical (unpaired) electrons. The summed E-state index contributed by atoms with van der Waals surface area (Å²) in [5.74, 6) is -0.320. The van der Waals surface area contributed by atoms with E-state index in [1.54, 1.807) is 9.80 Å². The standard InChI is InChI=1S/C55H68N10O10S2/c1-31(2)48(60-54(68)74-6)52(66)64-22-20-62(76(8,70)71)29-46(64)50-56-42-18-16-38(27-44(42)58-50)40-25-34-10-12-35-14-15-36(33(5)24-37(40)13-11-34)26-41(35)39-17-19-43-45(28-39)59-51(57-43)47-30-63(77(9,72)73)21-23-65(47)53(67)49(32(3)4)61-55(69)75-7/h11,13-19,25-28,31-33,46-49H,10,12,20-24,29-30H2,1-9H3,(H,56,58)(H,57,59)(H,60,68)(H,61,69)/t33-,46+,47+,48+,49+/m1/s1. The molecule has 5 atom stereocenters. The maximum Gasteiger partial charge on any atom is 0.407 e. The van der Waals surface area contributed by atoms with Gasteiger partial charge in [-0.25, -0.2) is 36.4 Å². The molecule has 22 heteroatoms. The van der Waals surface area contributed by atoms with Gasteiger partial charge in [0.2, 0.25) is 31.9 Å². The van der Waals surface area contributed by atoms with Crippen molar-refractivity contribution in [2.45, 2.75) is 84.0 Å². The number of carbonyl (C=O) groups excluding carboxylic acids is 4. The Morgan fingerprint density at radius 1 is 0.610 bits per heavy atom. The summed E-state index contributed by atoms with van der Waals surface area (Å²) in [6.07, 6.45) is 3.04. The number of fused-ring (bicyclic) bond motifs is 2. The quantitative estimate of drug-likeness (QED) is 0.106. The van der Waals surface area contributed by atoms with Gasteiger partial charge in [0.25, 0.3) is 0 Å². The van der Waals surface area contributed by atoms with Crippen molar-refractivity contribution in [1.29, 1.82) is 0 Å². The number of methoxy groups -OCH3 is 2. The number of rotatable bonds is 12. The molecular weight excluding hydrogens is 1020 g/mol. The van der Waals surface area contributed by atoms with E-state index in [2.05, 4.69) is 76.1 Å². The molecule has 6 aromatic rings. The van der Waals surface area contributed by atoms with Crippen LogP contribution in [0.25, 0.3) is 44.3 Å². The Morgan fingerprint density at radius 2 is 1.08 bits per heavy atom. The Balaban J connectivity index is 1.000. The number of amides is 4. The van der Waals surface area contributed by atoms with Crippen molar-refractivity contribution in [1.82, 2.24) is 49.0 Å². The van der Waals surface area contributed by atoms with Gasteiger partial charge in [-0.2, -0.15) is 8.61 Å². The van der Waals surface area contributed by atoms with Gasteiger partial charge < -0.3 is 39.9 Å². The van der Waals surface area contributed by atoms with Crippen molar-refractivity contribution in [3.05, 3.63) is 107 Å². The molecule has 4 aromatic carbocycles. The zero-order chi connectivity index (χ0) is 55.2. The summed E-state index contributed by atoms with van der Waals surface area (Å²) in [6, 6.07) is 22.1. The fourth-order valence-corrected chi connectivity index (χ4v) is 12.6. The van der Waals surface area contributed by atoms with E-state index >= 15 is 0 Å². The van der Waals surface area contributed by atoms with E-state index in [1.165, 1.54) is 22.8 Å². The Hall–Kier alpha value is -6.88. The van der Waals surface area contributed by atoms with E-state index in [-0.39, 0.29) is 68.8 Å². The molecule has 4 heterocycles. The van der Waals surface area contributed by atoms with Crippen molar-refractivity contribution in [3.63, 3.8) is 0 Å². The van der Waals surface area contributed by atoms with Crippen LogP contribution in [-0.4, -0.2) is 157 Å². The van der Waals surface area contributed by atoms with Gasteiger partial charge in [-0.1, -0.05) is 83.1 Å². The van der Waals surface area contributed by atoms with Crippen LogP contribution >= 0.6 is 0 Å². The van der Waals surface area contributed by atoms with E-state index in [0.29, 0.717) is 22.7 Å². The molecular formula is C55H68N10O10S2. The number of ether oxygens (including phenoxy) is 2. The first-order valence-corrected chi connectivity index (χ1v) is 29.7. The first-order valence-electron chi connectivity index (χ1n) is 26.0. The van der Waals surface area contributed by atoms with Crippen LogP contribution in [0.2, 0.25) is 0 Å². The van der Waals surface area contributed by atoms with Crippen molar-refractivity contribution in [2.75, 3.05) is 66.0 Å². The van der Waals surface area contributed by atoms with E-state index in [9.17, 15) is 36.0 Å². The zero-order valence-corrected chi connectivity index (χ0v) is 46.5. The summed E-state index contributed by atoms with van der Waals surface area (Å²) in [4.78, 5) is 73.1. The lowest BCUT2D eigenvalue weighted by Gasteiger charge is -2.41. The van der Waals surface area contributed by atoms with Crippen LogP contribution in [0, 0.1) is 11.8 Å². The highest BCUT2D eigenvalue weighted by Crippen LogP contribution is 2.38. The van der Waals surface area contributed by atoms with Crippen molar-refractivity contribution in [2.24, 2.45) is 11.8 Å². The minimum atomic E-state index is -3.61. The number of nitrogens with one attached hydrogen (secondary N) is 4. The molecule has 2 aromatic heterocycles. The number of hydrogen-bond donors (Lipinski definition) is 4. The van der Waals surface area contributed by atoms with Gasteiger partial charge in [0.05, 0.1) is 48.8 Å². The fraction of sp³-hybridized carbons (Fsp3) is 0.455. The van der Waals surface area contributed by atoms with Crippen LogP contribution in [-0.2, 0) is 58.4 Å². The number of piperazine rings is 2. The van der Waals surface area contributed by atoms with Gasteiger partial charge in [0, 0.05) is 39.3 Å². The van der Waals surface area contributed by atoms with Crippen molar-refractivity contribution in [3.8, 4) is 22.3 Å². The molecule has 2 fully saturated rings. The average molecular weight is 1090 g/mol. The highest BCUT2D eigenvalue weighted by Gasteiger charge is 2.42. The molecule has 2 saturated heterocycles. The minimum Gasteiger partial charge on any atom is -0.453 e. The summed E-state index contributed by atoms with van der Waals surface area (Å²) in [6.45, 7) is 9.88. The number of imidazole rings is 2. The summed E-state index contributed by atoms with van der Waals surface area (Å²) in [5, 5.41) is 5.32. The Kier molecular flexibility index (Phi) is 15.6. The molecule has 0 saturated carbocycles. The molecule has 12 rings (SSSR count). The number of sulfonamides is 2. The molecule has 20 nitrogen and oxygen atoms in total. The lowest BCUT2D eigenvalue weighted by Crippen LogP contribution is -2.58. The molecule has 2 aliphatic heterocycles. The average Bonchev–Trinajstić information content (AvgIpc) is 4.04. The van der Waals surface area contributed by atoms with Gasteiger partial charge in [0.15, 0.2) is 0 Å². The van der Waals surface area contributed by atoms with Crippen LogP contribution in [0.15, 0.2) is 72.8 Å². The monoisotopic (exact) mass is 1090 g/mol. The summed E-state index contributed by atoms with van der Waals surface area (Å²) in [7, 11) is -4.74. The smallest absolute Gasteiger partial charge is 0.407 e. The van der Waals surface area contributed by atoms with Gasteiger partial charge in [-0.15, -0.1) is 0 Å². The van der Waals surface area contributed by atoms with E-state index < -0.39 is 56.4 Å². The van der Waals surface area contributed by atoms with Crippen LogP contribution in [0.5, 0.6) is 0 Å². The van der Waals surface area contributed by atoms with Crippen LogP contribution in [0.1, 0.15) is 86.5 Å². The third-order valence-electron chi connectivity index (χ3n) is 15.3. The Labute approximate surface area is 449 Å². The Morgan fingerprint density at radius 3 is 1.53 bits per heavy atom. The molecule has 0 spiro atoms. The molecule has 4 bridgehead atoms. The second kappa shape index (κ2) is 21.9. The lowest BCUT2D eigenvalue weighted by molar-refractivity contribution is -0.139. The normalized spacial score (nSPS) is 19.5. The van der Waals surface area contributed by atoms with Crippen molar-refractivity contribution < 1.29 is 45.5 Å². The lowest BCUT2D eigenvalue weighted by atomic mass is 9.84. The number of nitrogens with zero attached hydrogens (tertiary/aromatic N) is 6. The number of aryl methyl sites for hydroxylation is 2. The first-order chi connectivity index (χ1) is 36.5. The molecule has 6 aliphatic rings. The molecule has 410 valence electrons.